The summed E-state index contributed by atoms with van der Waals surface area (Å²) in [6.07, 6.45) is 0.153. The zero-order valence-corrected chi connectivity index (χ0v) is 8.79. The molecule has 1 fully saturated rings. The molecule has 1 unspecified atom stereocenters. The molecule has 0 aromatic carbocycles. The summed E-state index contributed by atoms with van der Waals surface area (Å²) < 4.78 is 0. The van der Waals surface area contributed by atoms with E-state index < -0.39 is 6.10 Å². The van der Waals surface area contributed by atoms with Gasteiger partial charge in [0, 0.05) is 6.04 Å². The fraction of sp³-hybridized carbons (Fsp3) is 0.900. The van der Waals surface area contributed by atoms with Crippen LogP contribution in [0.5, 0.6) is 0 Å². The molecule has 13 heavy (non-hydrogen) atoms. The van der Waals surface area contributed by atoms with Crippen LogP contribution in [0.15, 0.2) is 0 Å². The number of hydrogen-bond donors (Lipinski definition) is 2. The molecule has 0 aromatic rings. The summed E-state index contributed by atoms with van der Waals surface area (Å²) in [6, 6.07) is 0.258. The molecule has 0 heterocycles. The van der Waals surface area contributed by atoms with Crippen molar-refractivity contribution in [2.24, 2.45) is 11.3 Å². The Hall–Kier alpha value is -0.570. The maximum absolute atomic E-state index is 11.4. The molecule has 0 radical (unpaired) electrons. The first kappa shape index (κ1) is 10.5. The molecule has 76 valence electrons. The molecular formula is C10H19NO2. The number of aliphatic hydroxyl groups is 1. The van der Waals surface area contributed by atoms with Gasteiger partial charge in [0.2, 0.25) is 5.91 Å². The van der Waals surface area contributed by atoms with E-state index in [1.165, 1.54) is 0 Å². The van der Waals surface area contributed by atoms with E-state index in [2.05, 4.69) is 19.2 Å². The molecule has 2 N–H and O–H groups in total. The second-order valence-electron chi connectivity index (χ2n) is 4.94. The fourth-order valence-electron chi connectivity index (χ4n) is 1.27. The van der Waals surface area contributed by atoms with Gasteiger partial charge in [-0.25, -0.2) is 0 Å². The molecule has 1 aliphatic carbocycles. The van der Waals surface area contributed by atoms with Gasteiger partial charge in [-0.15, -0.1) is 0 Å². The molecule has 2 atom stereocenters. The zero-order valence-electron chi connectivity index (χ0n) is 8.79. The first-order chi connectivity index (χ1) is 5.84. The standard InChI is InChI=1S/C10H19NO2/c1-6(2)8(12)9(13)11-7-5-10(7,3)4/h6-8,12H,5H2,1-4H3,(H,11,13)/t7?,8-/m1/s1. The van der Waals surface area contributed by atoms with E-state index >= 15 is 0 Å². The van der Waals surface area contributed by atoms with Gasteiger partial charge < -0.3 is 10.4 Å². The van der Waals surface area contributed by atoms with Crippen LogP contribution in [-0.4, -0.2) is 23.2 Å². The summed E-state index contributed by atoms with van der Waals surface area (Å²) in [5.41, 5.74) is 0.229. The topological polar surface area (TPSA) is 49.3 Å². The lowest BCUT2D eigenvalue weighted by molar-refractivity contribution is -0.131. The van der Waals surface area contributed by atoms with Crippen molar-refractivity contribution in [2.75, 3.05) is 0 Å². The lowest BCUT2D eigenvalue weighted by Gasteiger charge is -2.14. The monoisotopic (exact) mass is 185 g/mol. The summed E-state index contributed by atoms with van der Waals surface area (Å²) >= 11 is 0. The van der Waals surface area contributed by atoms with Crippen LogP contribution in [0.2, 0.25) is 0 Å². The smallest absolute Gasteiger partial charge is 0.249 e. The molecule has 3 heteroatoms. The largest absolute Gasteiger partial charge is 0.383 e. The average molecular weight is 185 g/mol. The zero-order chi connectivity index (χ0) is 10.2. The first-order valence-electron chi connectivity index (χ1n) is 4.83. The van der Waals surface area contributed by atoms with E-state index in [9.17, 15) is 9.90 Å². The summed E-state index contributed by atoms with van der Waals surface area (Å²) in [7, 11) is 0. The van der Waals surface area contributed by atoms with Crippen molar-refractivity contribution in [3.63, 3.8) is 0 Å². The molecular weight excluding hydrogens is 166 g/mol. The Kier molecular flexibility index (Phi) is 2.66. The Morgan fingerprint density at radius 1 is 1.54 bits per heavy atom. The Bertz CT molecular complexity index is 211. The van der Waals surface area contributed by atoms with Crippen molar-refractivity contribution in [3.8, 4) is 0 Å². The SMILES string of the molecule is CC(C)[C@@H](O)C(=O)NC1CC1(C)C. The van der Waals surface area contributed by atoms with Gasteiger partial charge in [0.15, 0.2) is 0 Å². The number of hydrogen-bond acceptors (Lipinski definition) is 2. The second kappa shape index (κ2) is 3.29. The maximum atomic E-state index is 11.4. The van der Waals surface area contributed by atoms with E-state index in [-0.39, 0.29) is 23.3 Å². The first-order valence-corrected chi connectivity index (χ1v) is 4.83. The number of amides is 1. The van der Waals surface area contributed by atoms with Crippen LogP contribution in [0.1, 0.15) is 34.1 Å². The van der Waals surface area contributed by atoms with Crippen molar-refractivity contribution in [3.05, 3.63) is 0 Å². The van der Waals surface area contributed by atoms with Crippen LogP contribution in [-0.2, 0) is 4.79 Å². The predicted octanol–water partition coefficient (Wildman–Crippen LogP) is 0.918. The Labute approximate surface area is 79.5 Å². The van der Waals surface area contributed by atoms with Gasteiger partial charge in [-0.05, 0) is 17.8 Å². The van der Waals surface area contributed by atoms with Crippen molar-refractivity contribution >= 4 is 5.91 Å². The molecule has 0 bridgehead atoms. The summed E-state index contributed by atoms with van der Waals surface area (Å²) in [5.74, 6) is -0.243. The van der Waals surface area contributed by atoms with Crippen LogP contribution in [0.3, 0.4) is 0 Å². The molecule has 0 aromatic heterocycles. The fourth-order valence-corrected chi connectivity index (χ4v) is 1.27. The normalized spacial score (nSPS) is 27.1. The van der Waals surface area contributed by atoms with Crippen LogP contribution in [0.25, 0.3) is 0 Å². The van der Waals surface area contributed by atoms with E-state index in [0.717, 1.165) is 6.42 Å². The lowest BCUT2D eigenvalue weighted by Crippen LogP contribution is -2.40. The van der Waals surface area contributed by atoms with Crippen LogP contribution >= 0.6 is 0 Å². The number of rotatable bonds is 3. The second-order valence-corrected chi connectivity index (χ2v) is 4.94. The van der Waals surface area contributed by atoms with Crippen molar-refractivity contribution in [2.45, 2.75) is 46.3 Å². The Morgan fingerprint density at radius 3 is 2.31 bits per heavy atom. The number of carbonyl (C=O) groups excluding carboxylic acids is 1. The molecule has 1 aliphatic rings. The maximum Gasteiger partial charge on any atom is 0.249 e. The molecule has 0 aliphatic heterocycles. The summed E-state index contributed by atoms with van der Waals surface area (Å²) in [6.45, 7) is 7.89. The van der Waals surface area contributed by atoms with Crippen molar-refractivity contribution < 1.29 is 9.90 Å². The minimum absolute atomic E-state index is 0.0122. The van der Waals surface area contributed by atoms with E-state index in [0.29, 0.717) is 0 Å². The van der Waals surface area contributed by atoms with Crippen LogP contribution < -0.4 is 5.32 Å². The highest BCUT2D eigenvalue weighted by molar-refractivity contribution is 5.81. The number of carbonyl (C=O) groups is 1. The van der Waals surface area contributed by atoms with Crippen molar-refractivity contribution in [1.29, 1.82) is 0 Å². The predicted molar refractivity (Wildman–Crippen MR) is 51.2 cm³/mol. The van der Waals surface area contributed by atoms with Gasteiger partial charge in [0.1, 0.15) is 6.10 Å². The third kappa shape index (κ3) is 2.44. The van der Waals surface area contributed by atoms with Gasteiger partial charge >= 0.3 is 0 Å². The van der Waals surface area contributed by atoms with Gasteiger partial charge in [-0.1, -0.05) is 27.7 Å². The highest BCUT2D eigenvalue weighted by atomic mass is 16.3. The molecule has 1 rings (SSSR count). The summed E-state index contributed by atoms with van der Waals surface area (Å²) in [4.78, 5) is 11.4. The van der Waals surface area contributed by atoms with Crippen LogP contribution in [0.4, 0.5) is 0 Å². The molecule has 0 saturated heterocycles. The van der Waals surface area contributed by atoms with Gasteiger partial charge in [0.05, 0.1) is 0 Å². The third-order valence-corrected chi connectivity index (χ3v) is 2.73. The Morgan fingerprint density at radius 2 is 2.00 bits per heavy atom. The Balaban J connectivity index is 2.35. The minimum atomic E-state index is -0.864. The number of nitrogens with one attached hydrogen (secondary N) is 1. The van der Waals surface area contributed by atoms with E-state index in [1.54, 1.807) is 0 Å². The lowest BCUT2D eigenvalue weighted by atomic mass is 10.1. The van der Waals surface area contributed by atoms with E-state index in [4.69, 9.17) is 0 Å². The van der Waals surface area contributed by atoms with Crippen LogP contribution in [0, 0.1) is 11.3 Å². The molecule has 1 saturated carbocycles. The minimum Gasteiger partial charge on any atom is -0.383 e. The van der Waals surface area contributed by atoms with Gasteiger partial charge in [-0.2, -0.15) is 0 Å². The number of aliphatic hydroxyl groups excluding tert-OH is 1. The molecule has 1 amide bonds. The average Bonchev–Trinajstić information content (AvgIpc) is 2.56. The van der Waals surface area contributed by atoms with E-state index in [1.807, 2.05) is 13.8 Å². The molecule has 0 spiro atoms. The van der Waals surface area contributed by atoms with Gasteiger partial charge in [-0.3, -0.25) is 4.79 Å². The highest BCUT2D eigenvalue weighted by Gasteiger charge is 2.47. The summed E-state index contributed by atoms with van der Waals surface area (Å²) in [5, 5.41) is 12.3. The van der Waals surface area contributed by atoms with Crippen molar-refractivity contribution in [1.82, 2.24) is 5.32 Å². The third-order valence-electron chi connectivity index (χ3n) is 2.73. The van der Waals surface area contributed by atoms with Gasteiger partial charge in [0.25, 0.3) is 0 Å². The highest BCUT2D eigenvalue weighted by Crippen LogP contribution is 2.44. The quantitative estimate of drug-likeness (QED) is 0.687. The molecule has 3 nitrogen and oxygen atoms in total.